The average Bonchev–Trinajstić information content (AvgIpc) is 3.21. The molecule has 156 valence electrons. The summed E-state index contributed by atoms with van der Waals surface area (Å²) in [7, 11) is 1.19. The van der Waals surface area contributed by atoms with Crippen molar-refractivity contribution in [3.63, 3.8) is 0 Å². The van der Waals surface area contributed by atoms with Crippen LogP contribution in [0, 0.1) is 0 Å². The van der Waals surface area contributed by atoms with Gasteiger partial charge in [-0.15, -0.1) is 0 Å². The second-order valence-electron chi connectivity index (χ2n) is 6.20. The number of nitrogens with zero attached hydrogens (tertiary/aromatic N) is 3. The van der Waals surface area contributed by atoms with E-state index in [2.05, 4.69) is 10.1 Å². The van der Waals surface area contributed by atoms with Crippen LogP contribution in [0.15, 0.2) is 55.1 Å². The van der Waals surface area contributed by atoms with Gasteiger partial charge in [-0.3, -0.25) is 4.79 Å². The number of ether oxygens (including phenoxy) is 3. The summed E-state index contributed by atoms with van der Waals surface area (Å²) in [6, 6.07) is 11.4. The number of carbonyl (C=O) groups excluding carboxylic acids is 2. The molecule has 0 N–H and O–H groups in total. The lowest BCUT2D eigenvalue weighted by atomic mass is 9.92. The summed E-state index contributed by atoms with van der Waals surface area (Å²) in [6.45, 7) is 1.00. The Morgan fingerprint density at radius 1 is 1.10 bits per heavy atom. The van der Waals surface area contributed by atoms with E-state index in [1.54, 1.807) is 30.3 Å². The van der Waals surface area contributed by atoms with E-state index in [0.29, 0.717) is 16.5 Å². The fourth-order valence-electron chi connectivity index (χ4n) is 2.87. The molecule has 0 radical (unpaired) electrons. The molecule has 0 amide bonds. The molecule has 0 aliphatic heterocycles. The smallest absolute Gasteiger partial charge is 0.357 e. The quantitative estimate of drug-likeness (QED) is 0.503. The summed E-state index contributed by atoms with van der Waals surface area (Å²) in [5.74, 6) is -0.557. The van der Waals surface area contributed by atoms with E-state index in [9.17, 15) is 9.59 Å². The van der Waals surface area contributed by atoms with E-state index in [0.717, 1.165) is 0 Å². The molecule has 2 aromatic carbocycles. The summed E-state index contributed by atoms with van der Waals surface area (Å²) >= 11 is 12.4. The Morgan fingerprint density at radius 2 is 1.80 bits per heavy atom. The van der Waals surface area contributed by atoms with Crippen LogP contribution in [0.1, 0.15) is 12.5 Å². The van der Waals surface area contributed by atoms with E-state index < -0.39 is 17.5 Å². The number of hydrogen-bond donors (Lipinski definition) is 0. The van der Waals surface area contributed by atoms with Crippen molar-refractivity contribution in [2.75, 3.05) is 7.11 Å². The first-order chi connectivity index (χ1) is 14.3. The zero-order chi connectivity index (χ0) is 21.7. The fourth-order valence-corrected chi connectivity index (χ4v) is 3.32. The summed E-state index contributed by atoms with van der Waals surface area (Å²) < 4.78 is 17.5. The summed E-state index contributed by atoms with van der Waals surface area (Å²) in [4.78, 5) is 28.5. The Balaban J connectivity index is 2.02. The number of methoxy groups -OCH3 is 1. The molecular weight excluding hydrogens is 433 g/mol. The van der Waals surface area contributed by atoms with Gasteiger partial charge in [-0.25, -0.2) is 14.5 Å². The largest absolute Gasteiger partial charge is 0.466 e. The molecule has 30 heavy (non-hydrogen) atoms. The molecule has 3 rings (SSSR count). The Hall–Kier alpha value is -3.10. The Kier molecular flexibility index (Phi) is 6.59. The zero-order valence-electron chi connectivity index (χ0n) is 16.0. The zero-order valence-corrected chi connectivity index (χ0v) is 17.6. The Morgan fingerprint density at radius 3 is 2.37 bits per heavy atom. The molecule has 8 nitrogen and oxygen atoms in total. The number of carbonyl (C=O) groups is 2. The first-order valence-corrected chi connectivity index (χ1v) is 9.43. The van der Waals surface area contributed by atoms with Crippen molar-refractivity contribution in [2.24, 2.45) is 0 Å². The highest BCUT2D eigenvalue weighted by molar-refractivity contribution is 6.32. The third kappa shape index (κ3) is 4.72. The molecule has 0 saturated heterocycles. The third-order valence-electron chi connectivity index (χ3n) is 4.11. The van der Waals surface area contributed by atoms with E-state index in [1.165, 1.54) is 43.5 Å². The first-order valence-electron chi connectivity index (χ1n) is 8.68. The van der Waals surface area contributed by atoms with Gasteiger partial charge in [0.1, 0.15) is 24.2 Å². The van der Waals surface area contributed by atoms with Crippen molar-refractivity contribution in [3.05, 3.63) is 70.7 Å². The predicted octanol–water partition coefficient (Wildman–Crippen LogP) is 4.01. The van der Waals surface area contributed by atoms with Gasteiger partial charge in [0.05, 0.1) is 18.7 Å². The van der Waals surface area contributed by atoms with E-state index >= 15 is 0 Å². The van der Waals surface area contributed by atoms with Crippen LogP contribution in [0.3, 0.4) is 0 Å². The van der Waals surface area contributed by atoms with Crippen LogP contribution in [0.4, 0.5) is 0 Å². The van der Waals surface area contributed by atoms with Gasteiger partial charge in [-0.1, -0.05) is 23.2 Å². The van der Waals surface area contributed by atoms with Crippen molar-refractivity contribution in [1.82, 2.24) is 14.8 Å². The van der Waals surface area contributed by atoms with Gasteiger partial charge >= 0.3 is 11.9 Å². The summed E-state index contributed by atoms with van der Waals surface area (Å²) in [5.41, 5.74) is -1.66. The maximum Gasteiger partial charge on any atom is 0.357 e. The molecule has 1 atom stereocenters. The third-order valence-corrected chi connectivity index (χ3v) is 4.67. The molecule has 0 aliphatic carbocycles. The summed E-state index contributed by atoms with van der Waals surface area (Å²) in [5, 5.41) is 4.70. The fraction of sp³-hybridized carbons (Fsp3) is 0.200. The minimum absolute atomic E-state index is 0.133. The van der Waals surface area contributed by atoms with Crippen LogP contribution >= 0.6 is 23.2 Å². The van der Waals surface area contributed by atoms with Crippen LogP contribution in [0.25, 0.3) is 0 Å². The van der Waals surface area contributed by atoms with Crippen molar-refractivity contribution in [3.8, 4) is 11.5 Å². The van der Waals surface area contributed by atoms with Crippen molar-refractivity contribution in [1.29, 1.82) is 0 Å². The van der Waals surface area contributed by atoms with Gasteiger partial charge < -0.3 is 14.2 Å². The number of rotatable bonds is 7. The van der Waals surface area contributed by atoms with Crippen LogP contribution in [-0.4, -0.2) is 33.8 Å². The minimum Gasteiger partial charge on any atom is -0.466 e. The van der Waals surface area contributed by atoms with Gasteiger partial charge in [-0.05, 0) is 42.5 Å². The molecule has 1 aromatic heterocycles. The van der Waals surface area contributed by atoms with Crippen molar-refractivity contribution < 1.29 is 23.8 Å². The second kappa shape index (κ2) is 9.15. The van der Waals surface area contributed by atoms with Gasteiger partial charge in [0.15, 0.2) is 0 Å². The van der Waals surface area contributed by atoms with Gasteiger partial charge in [0.25, 0.3) is 5.60 Å². The van der Waals surface area contributed by atoms with Crippen molar-refractivity contribution >= 4 is 35.1 Å². The molecule has 3 aromatic rings. The molecular formula is C20H17Cl2N3O5. The molecule has 0 spiro atoms. The minimum atomic E-state index is -1.87. The molecule has 0 fully saturated rings. The summed E-state index contributed by atoms with van der Waals surface area (Å²) in [6.07, 6.45) is 2.67. The van der Waals surface area contributed by atoms with Crippen LogP contribution < -0.4 is 4.74 Å². The first kappa shape index (κ1) is 21.6. The lowest BCUT2D eigenvalue weighted by Crippen LogP contribution is -2.45. The number of benzene rings is 2. The Bertz CT molecular complexity index is 1040. The predicted molar refractivity (Wildman–Crippen MR) is 108 cm³/mol. The molecule has 1 unspecified atom stereocenters. The van der Waals surface area contributed by atoms with E-state index in [4.69, 9.17) is 37.4 Å². The lowest BCUT2D eigenvalue weighted by molar-refractivity contribution is -0.183. The molecule has 0 bridgehead atoms. The van der Waals surface area contributed by atoms with Crippen LogP contribution in [0.2, 0.25) is 10.0 Å². The monoisotopic (exact) mass is 449 g/mol. The van der Waals surface area contributed by atoms with E-state index in [-0.39, 0.29) is 17.1 Å². The van der Waals surface area contributed by atoms with E-state index in [1.807, 2.05) is 0 Å². The number of hydrogen-bond acceptors (Lipinski definition) is 7. The van der Waals surface area contributed by atoms with Crippen LogP contribution in [-0.2, 0) is 31.2 Å². The van der Waals surface area contributed by atoms with Gasteiger partial charge in [0, 0.05) is 17.5 Å². The molecule has 0 saturated carbocycles. The topological polar surface area (TPSA) is 92.5 Å². The normalized spacial score (nSPS) is 12.7. The SMILES string of the molecule is COC(=O)C(Cn1cncn1)(OC(C)=O)c1ccc(Oc2ccc(Cl)cc2)cc1Cl. The highest BCUT2D eigenvalue weighted by Gasteiger charge is 2.47. The molecule has 1 heterocycles. The average molecular weight is 450 g/mol. The lowest BCUT2D eigenvalue weighted by Gasteiger charge is -2.31. The Labute approximate surface area is 182 Å². The number of esters is 2. The maximum absolute atomic E-state index is 12.8. The second-order valence-corrected chi connectivity index (χ2v) is 7.05. The van der Waals surface area contributed by atoms with Crippen molar-refractivity contribution in [2.45, 2.75) is 19.1 Å². The highest BCUT2D eigenvalue weighted by atomic mass is 35.5. The highest BCUT2D eigenvalue weighted by Crippen LogP contribution is 2.37. The number of aromatic nitrogens is 3. The number of halogens is 2. The standard InChI is InChI=1S/C20H17Cl2N3O5/c1-13(26)30-20(19(27)28-2,10-25-12-23-11-24-25)17-8-7-16(9-18(17)22)29-15-5-3-14(21)4-6-15/h3-9,11-12H,10H2,1-2H3. The molecule has 10 heteroatoms. The maximum atomic E-state index is 12.8. The van der Waals surface area contributed by atoms with Gasteiger partial charge in [0.2, 0.25) is 0 Å². The molecule has 0 aliphatic rings. The van der Waals surface area contributed by atoms with Crippen LogP contribution in [0.5, 0.6) is 11.5 Å². The van der Waals surface area contributed by atoms with Gasteiger partial charge in [-0.2, -0.15) is 5.10 Å².